The Balaban J connectivity index is 2.43. The fraction of sp³-hybridized carbons (Fsp3) is 0.400. The Bertz CT molecular complexity index is 980. The van der Waals surface area contributed by atoms with E-state index in [1.165, 1.54) is 18.3 Å². The van der Waals surface area contributed by atoms with Gasteiger partial charge in [0.05, 0.1) is 30.7 Å². The van der Waals surface area contributed by atoms with E-state index in [2.05, 4.69) is 4.98 Å². The maximum absolute atomic E-state index is 12.7. The molecule has 0 unspecified atom stereocenters. The molecular formula is C20H23NO9. The third-order valence-corrected chi connectivity index (χ3v) is 3.74. The largest absolute Gasteiger partial charge is 0.478 e. The van der Waals surface area contributed by atoms with Gasteiger partial charge in [-0.15, -0.1) is 0 Å². The number of H-pyrrole nitrogens is 1. The van der Waals surface area contributed by atoms with Gasteiger partial charge in [-0.3, -0.25) is 4.79 Å². The smallest absolute Gasteiger partial charge is 0.344 e. The average molecular weight is 421 g/mol. The highest BCUT2D eigenvalue weighted by atomic mass is 16.6. The van der Waals surface area contributed by atoms with Gasteiger partial charge in [-0.25, -0.2) is 14.4 Å². The van der Waals surface area contributed by atoms with Crippen molar-refractivity contribution in [2.45, 2.75) is 20.8 Å². The molecule has 2 rings (SSSR count). The van der Waals surface area contributed by atoms with Gasteiger partial charge < -0.3 is 28.7 Å². The first-order valence-electron chi connectivity index (χ1n) is 9.34. The van der Waals surface area contributed by atoms with Gasteiger partial charge in [0.25, 0.3) is 0 Å². The molecule has 0 fully saturated rings. The van der Waals surface area contributed by atoms with Crippen LogP contribution in [0.4, 0.5) is 0 Å². The van der Waals surface area contributed by atoms with Crippen LogP contribution < -0.4 is 14.9 Å². The molecule has 0 atom stereocenters. The Kier molecular flexibility index (Phi) is 8.21. The van der Waals surface area contributed by atoms with Gasteiger partial charge in [0, 0.05) is 12.3 Å². The average Bonchev–Trinajstić information content (AvgIpc) is 2.71. The summed E-state index contributed by atoms with van der Waals surface area (Å²) in [5.41, 5.74) is -0.434. The SMILES string of the molecule is CCOC(=O)COc1cc2[nH]cc(C(=O)OCC)c(=O)c2cc1OCC(=O)OCC. The molecule has 10 heteroatoms. The summed E-state index contributed by atoms with van der Waals surface area (Å²) in [6.45, 7) is 4.58. The van der Waals surface area contributed by atoms with Gasteiger partial charge in [0.2, 0.25) is 5.43 Å². The zero-order valence-electron chi connectivity index (χ0n) is 16.9. The number of aromatic nitrogens is 1. The standard InChI is InChI=1S/C20H23NO9/c1-4-26-17(22)10-29-15-7-12-14(8-16(15)30-11-18(23)27-5-2)21-9-13(19(12)24)20(25)28-6-3/h7-9H,4-6,10-11H2,1-3H3,(H,21,24). The van der Waals surface area contributed by atoms with Crippen molar-refractivity contribution in [3.8, 4) is 11.5 Å². The Labute approximate surface area is 172 Å². The number of benzene rings is 1. The monoisotopic (exact) mass is 421 g/mol. The maximum atomic E-state index is 12.7. The molecule has 0 saturated heterocycles. The highest BCUT2D eigenvalue weighted by molar-refractivity contribution is 5.94. The fourth-order valence-corrected chi connectivity index (χ4v) is 2.49. The predicted octanol–water partition coefficient (Wildman–Crippen LogP) is 1.59. The minimum absolute atomic E-state index is 0.0198. The number of carbonyl (C=O) groups is 3. The van der Waals surface area contributed by atoms with Gasteiger partial charge in [0.1, 0.15) is 5.56 Å². The summed E-state index contributed by atoms with van der Waals surface area (Å²) in [6.07, 6.45) is 1.23. The van der Waals surface area contributed by atoms with Crippen LogP contribution in [0.3, 0.4) is 0 Å². The molecule has 0 aliphatic carbocycles. The number of carbonyl (C=O) groups excluding carboxylic acids is 3. The van der Waals surface area contributed by atoms with Crippen LogP contribution in [-0.4, -0.2) is 55.9 Å². The van der Waals surface area contributed by atoms with Crippen LogP contribution in [0.2, 0.25) is 0 Å². The number of aromatic amines is 1. The summed E-state index contributed by atoms with van der Waals surface area (Å²) in [5.74, 6) is -1.87. The van der Waals surface area contributed by atoms with Gasteiger partial charge in [-0.05, 0) is 26.8 Å². The molecule has 0 radical (unpaired) electrons. The quantitative estimate of drug-likeness (QED) is 0.449. The second-order valence-corrected chi connectivity index (χ2v) is 5.78. The lowest BCUT2D eigenvalue weighted by Crippen LogP contribution is -2.19. The summed E-state index contributed by atoms with van der Waals surface area (Å²) in [4.78, 5) is 50.8. The first-order chi connectivity index (χ1) is 14.4. The highest BCUT2D eigenvalue weighted by Gasteiger charge is 2.18. The lowest BCUT2D eigenvalue weighted by molar-refractivity contribution is -0.146. The molecule has 162 valence electrons. The van der Waals surface area contributed by atoms with Gasteiger partial charge in [-0.2, -0.15) is 0 Å². The van der Waals surface area contributed by atoms with Crippen LogP contribution >= 0.6 is 0 Å². The summed E-state index contributed by atoms with van der Waals surface area (Å²) in [7, 11) is 0. The normalized spacial score (nSPS) is 10.4. The van der Waals surface area contributed by atoms with Crippen molar-refractivity contribution in [3.63, 3.8) is 0 Å². The van der Waals surface area contributed by atoms with E-state index in [1.54, 1.807) is 20.8 Å². The maximum Gasteiger partial charge on any atom is 0.344 e. The molecule has 0 bridgehead atoms. The van der Waals surface area contributed by atoms with Gasteiger partial charge >= 0.3 is 17.9 Å². The molecule has 2 aromatic rings. The van der Waals surface area contributed by atoms with E-state index in [1.807, 2.05) is 0 Å². The molecule has 1 heterocycles. The molecule has 0 aliphatic rings. The number of nitrogens with one attached hydrogen (secondary N) is 1. The number of fused-ring (bicyclic) bond motifs is 1. The summed E-state index contributed by atoms with van der Waals surface area (Å²) in [6, 6.07) is 2.74. The summed E-state index contributed by atoms with van der Waals surface area (Å²) < 4.78 is 25.4. The third kappa shape index (κ3) is 5.72. The van der Waals surface area contributed by atoms with Crippen LogP contribution in [-0.2, 0) is 23.8 Å². The van der Waals surface area contributed by atoms with Gasteiger partial charge in [-0.1, -0.05) is 0 Å². The van der Waals surface area contributed by atoms with Crippen molar-refractivity contribution in [2.75, 3.05) is 33.0 Å². The zero-order chi connectivity index (χ0) is 22.1. The Morgan fingerprint density at radius 1 is 0.833 bits per heavy atom. The first kappa shape index (κ1) is 22.7. The number of rotatable bonds is 10. The van der Waals surface area contributed by atoms with Crippen molar-refractivity contribution in [2.24, 2.45) is 0 Å². The lowest BCUT2D eigenvalue weighted by Gasteiger charge is -2.14. The van der Waals surface area contributed by atoms with E-state index in [9.17, 15) is 19.2 Å². The number of ether oxygens (including phenoxy) is 5. The van der Waals surface area contributed by atoms with Crippen LogP contribution in [0.5, 0.6) is 11.5 Å². The molecule has 10 nitrogen and oxygen atoms in total. The lowest BCUT2D eigenvalue weighted by atomic mass is 10.1. The first-order valence-corrected chi connectivity index (χ1v) is 9.34. The number of esters is 3. The molecule has 1 aromatic heterocycles. The van der Waals surface area contributed by atoms with E-state index < -0.39 is 36.6 Å². The molecule has 0 spiro atoms. The molecule has 30 heavy (non-hydrogen) atoms. The number of hydrogen-bond acceptors (Lipinski definition) is 9. The van der Waals surface area contributed by atoms with E-state index in [0.29, 0.717) is 5.52 Å². The number of pyridine rings is 1. The van der Waals surface area contributed by atoms with Gasteiger partial charge in [0.15, 0.2) is 24.7 Å². The summed E-state index contributed by atoms with van der Waals surface area (Å²) >= 11 is 0. The van der Waals surface area contributed by atoms with Crippen molar-refractivity contribution < 1.29 is 38.1 Å². The molecule has 0 amide bonds. The van der Waals surface area contributed by atoms with Crippen LogP contribution in [0.25, 0.3) is 10.9 Å². The Hall–Kier alpha value is -3.56. The Morgan fingerprint density at radius 2 is 1.37 bits per heavy atom. The molecule has 1 aromatic carbocycles. The van der Waals surface area contributed by atoms with E-state index in [-0.39, 0.29) is 42.3 Å². The molecular weight excluding hydrogens is 398 g/mol. The van der Waals surface area contributed by atoms with E-state index >= 15 is 0 Å². The molecule has 1 N–H and O–H groups in total. The second-order valence-electron chi connectivity index (χ2n) is 5.78. The predicted molar refractivity (Wildman–Crippen MR) is 105 cm³/mol. The third-order valence-electron chi connectivity index (χ3n) is 3.74. The van der Waals surface area contributed by atoms with Crippen molar-refractivity contribution >= 4 is 28.8 Å². The fourth-order valence-electron chi connectivity index (χ4n) is 2.49. The summed E-state index contributed by atoms with van der Waals surface area (Å²) in [5, 5.41) is 0.114. The highest BCUT2D eigenvalue weighted by Crippen LogP contribution is 2.31. The molecule has 0 aliphatic heterocycles. The Morgan fingerprint density at radius 3 is 1.90 bits per heavy atom. The van der Waals surface area contributed by atoms with E-state index in [4.69, 9.17) is 23.7 Å². The minimum Gasteiger partial charge on any atom is -0.478 e. The van der Waals surface area contributed by atoms with Crippen LogP contribution in [0, 0.1) is 0 Å². The second kappa shape index (κ2) is 10.8. The zero-order valence-corrected chi connectivity index (χ0v) is 16.9. The topological polar surface area (TPSA) is 130 Å². The number of hydrogen-bond donors (Lipinski definition) is 1. The molecule has 0 saturated carbocycles. The van der Waals surface area contributed by atoms with Crippen LogP contribution in [0.1, 0.15) is 31.1 Å². The van der Waals surface area contributed by atoms with E-state index in [0.717, 1.165) is 0 Å². The minimum atomic E-state index is -0.766. The van der Waals surface area contributed by atoms with Crippen molar-refractivity contribution in [1.82, 2.24) is 4.98 Å². The van der Waals surface area contributed by atoms with Crippen molar-refractivity contribution in [1.29, 1.82) is 0 Å². The van der Waals surface area contributed by atoms with Crippen LogP contribution in [0.15, 0.2) is 23.1 Å². The van der Waals surface area contributed by atoms with Crippen molar-refractivity contribution in [3.05, 3.63) is 34.1 Å².